The lowest BCUT2D eigenvalue weighted by molar-refractivity contribution is 0.0342. The zero-order valence-electron chi connectivity index (χ0n) is 12.7. The lowest BCUT2D eigenvalue weighted by atomic mass is 10.1. The van der Waals surface area contributed by atoms with Gasteiger partial charge in [-0.1, -0.05) is 12.1 Å². The van der Waals surface area contributed by atoms with Crippen molar-refractivity contribution in [3.05, 3.63) is 35.4 Å². The SMILES string of the molecule is CC(CN1CCOCC1)NC(=O)c1ccc(CCN)cc1. The van der Waals surface area contributed by atoms with Crippen molar-refractivity contribution in [2.75, 3.05) is 39.4 Å². The number of carbonyl (C=O) groups excluding carboxylic acids is 1. The van der Waals surface area contributed by atoms with E-state index in [9.17, 15) is 4.79 Å². The molecule has 116 valence electrons. The summed E-state index contributed by atoms with van der Waals surface area (Å²) in [5.41, 5.74) is 7.38. The predicted octanol–water partition coefficient (Wildman–Crippen LogP) is 0.638. The highest BCUT2D eigenvalue weighted by Gasteiger charge is 2.15. The van der Waals surface area contributed by atoms with E-state index >= 15 is 0 Å². The molecule has 1 fully saturated rings. The molecule has 1 saturated heterocycles. The van der Waals surface area contributed by atoms with E-state index < -0.39 is 0 Å². The molecule has 1 unspecified atom stereocenters. The third-order valence-corrected chi connectivity index (χ3v) is 3.66. The maximum Gasteiger partial charge on any atom is 0.251 e. The summed E-state index contributed by atoms with van der Waals surface area (Å²) in [7, 11) is 0. The molecule has 5 heteroatoms. The van der Waals surface area contributed by atoms with Crippen LogP contribution in [-0.2, 0) is 11.2 Å². The quantitative estimate of drug-likeness (QED) is 0.807. The van der Waals surface area contributed by atoms with Crippen LogP contribution in [0.15, 0.2) is 24.3 Å². The Labute approximate surface area is 126 Å². The number of hydrogen-bond acceptors (Lipinski definition) is 4. The maximum atomic E-state index is 12.2. The van der Waals surface area contributed by atoms with Gasteiger partial charge in [-0.15, -0.1) is 0 Å². The van der Waals surface area contributed by atoms with Gasteiger partial charge in [0.25, 0.3) is 5.91 Å². The molecule has 1 amide bonds. The first-order valence-electron chi connectivity index (χ1n) is 7.59. The van der Waals surface area contributed by atoms with Crippen molar-refractivity contribution < 1.29 is 9.53 Å². The van der Waals surface area contributed by atoms with Crippen molar-refractivity contribution in [1.82, 2.24) is 10.2 Å². The average Bonchev–Trinajstić information content (AvgIpc) is 2.49. The van der Waals surface area contributed by atoms with Gasteiger partial charge in [0.2, 0.25) is 0 Å². The van der Waals surface area contributed by atoms with Crippen molar-refractivity contribution in [3.63, 3.8) is 0 Å². The molecule has 0 aliphatic carbocycles. The van der Waals surface area contributed by atoms with Crippen molar-refractivity contribution in [3.8, 4) is 0 Å². The second-order valence-electron chi connectivity index (χ2n) is 5.52. The van der Waals surface area contributed by atoms with Gasteiger partial charge in [0, 0.05) is 31.2 Å². The van der Waals surface area contributed by atoms with Gasteiger partial charge in [0.05, 0.1) is 13.2 Å². The van der Waals surface area contributed by atoms with Gasteiger partial charge in [-0.05, 0) is 37.6 Å². The van der Waals surface area contributed by atoms with Crippen LogP contribution in [0.5, 0.6) is 0 Å². The summed E-state index contributed by atoms with van der Waals surface area (Å²) < 4.78 is 5.32. The average molecular weight is 291 g/mol. The Bertz CT molecular complexity index is 441. The number of hydrogen-bond donors (Lipinski definition) is 2. The molecule has 21 heavy (non-hydrogen) atoms. The van der Waals surface area contributed by atoms with Gasteiger partial charge in [-0.25, -0.2) is 0 Å². The van der Waals surface area contributed by atoms with E-state index in [1.807, 2.05) is 31.2 Å². The molecule has 1 aliphatic heterocycles. The fraction of sp³-hybridized carbons (Fsp3) is 0.562. The van der Waals surface area contributed by atoms with Crippen LogP contribution in [0.2, 0.25) is 0 Å². The van der Waals surface area contributed by atoms with Gasteiger partial charge in [0.15, 0.2) is 0 Å². The predicted molar refractivity (Wildman–Crippen MR) is 83.4 cm³/mol. The highest BCUT2D eigenvalue weighted by atomic mass is 16.5. The molecule has 0 radical (unpaired) electrons. The summed E-state index contributed by atoms with van der Waals surface area (Å²) >= 11 is 0. The molecule has 2 rings (SSSR count). The summed E-state index contributed by atoms with van der Waals surface area (Å²) in [6, 6.07) is 7.78. The van der Waals surface area contributed by atoms with Crippen LogP contribution >= 0.6 is 0 Å². The monoisotopic (exact) mass is 291 g/mol. The van der Waals surface area contributed by atoms with Crippen molar-refractivity contribution >= 4 is 5.91 Å². The number of amides is 1. The van der Waals surface area contributed by atoms with Crippen molar-refractivity contribution in [1.29, 1.82) is 0 Å². The zero-order chi connectivity index (χ0) is 15.1. The minimum Gasteiger partial charge on any atom is -0.379 e. The van der Waals surface area contributed by atoms with E-state index in [0.29, 0.717) is 12.1 Å². The second-order valence-corrected chi connectivity index (χ2v) is 5.52. The maximum absolute atomic E-state index is 12.2. The molecular weight excluding hydrogens is 266 g/mol. The first-order valence-corrected chi connectivity index (χ1v) is 7.59. The molecule has 1 aliphatic rings. The number of morpholine rings is 1. The fourth-order valence-corrected chi connectivity index (χ4v) is 2.51. The van der Waals surface area contributed by atoms with E-state index in [2.05, 4.69) is 10.2 Å². The van der Waals surface area contributed by atoms with Crippen molar-refractivity contribution in [2.45, 2.75) is 19.4 Å². The van der Waals surface area contributed by atoms with E-state index in [4.69, 9.17) is 10.5 Å². The van der Waals surface area contributed by atoms with Crippen LogP contribution in [0.25, 0.3) is 0 Å². The summed E-state index contributed by atoms with van der Waals surface area (Å²) in [6.45, 7) is 6.97. The van der Waals surface area contributed by atoms with Gasteiger partial charge in [0.1, 0.15) is 0 Å². The second kappa shape index (κ2) is 8.12. The largest absolute Gasteiger partial charge is 0.379 e. The zero-order valence-corrected chi connectivity index (χ0v) is 12.7. The van der Waals surface area contributed by atoms with Crippen LogP contribution in [0.1, 0.15) is 22.8 Å². The summed E-state index contributed by atoms with van der Waals surface area (Å²) in [6.07, 6.45) is 0.843. The van der Waals surface area contributed by atoms with Crippen LogP contribution in [0.4, 0.5) is 0 Å². The van der Waals surface area contributed by atoms with E-state index in [-0.39, 0.29) is 11.9 Å². The van der Waals surface area contributed by atoms with E-state index in [0.717, 1.165) is 44.8 Å². The number of ether oxygens (including phenoxy) is 1. The Kier molecular flexibility index (Phi) is 6.17. The Hall–Kier alpha value is -1.43. The molecule has 1 atom stereocenters. The molecule has 1 aromatic rings. The Morgan fingerprint density at radius 3 is 2.62 bits per heavy atom. The Morgan fingerprint density at radius 1 is 1.33 bits per heavy atom. The lowest BCUT2D eigenvalue weighted by Gasteiger charge is -2.29. The minimum absolute atomic E-state index is 0.0185. The number of nitrogens with zero attached hydrogens (tertiary/aromatic N) is 1. The Balaban J connectivity index is 1.82. The smallest absolute Gasteiger partial charge is 0.251 e. The molecule has 0 bridgehead atoms. The van der Waals surface area contributed by atoms with E-state index in [1.165, 1.54) is 0 Å². The summed E-state index contributed by atoms with van der Waals surface area (Å²) in [4.78, 5) is 14.5. The Morgan fingerprint density at radius 2 is 2.00 bits per heavy atom. The molecule has 1 aromatic carbocycles. The third kappa shape index (κ3) is 5.12. The van der Waals surface area contributed by atoms with Gasteiger partial charge in [-0.3, -0.25) is 9.69 Å². The van der Waals surface area contributed by atoms with Crippen LogP contribution in [-0.4, -0.2) is 56.2 Å². The van der Waals surface area contributed by atoms with Gasteiger partial charge in [-0.2, -0.15) is 0 Å². The van der Waals surface area contributed by atoms with Crippen LogP contribution in [0.3, 0.4) is 0 Å². The topological polar surface area (TPSA) is 67.6 Å². The van der Waals surface area contributed by atoms with Crippen LogP contribution < -0.4 is 11.1 Å². The van der Waals surface area contributed by atoms with Gasteiger partial charge >= 0.3 is 0 Å². The number of benzene rings is 1. The molecule has 5 nitrogen and oxygen atoms in total. The molecule has 3 N–H and O–H groups in total. The van der Waals surface area contributed by atoms with Crippen LogP contribution in [0, 0.1) is 0 Å². The normalized spacial score (nSPS) is 17.4. The summed E-state index contributed by atoms with van der Waals surface area (Å²) in [5.74, 6) is -0.0185. The van der Waals surface area contributed by atoms with Gasteiger partial charge < -0.3 is 15.8 Å². The minimum atomic E-state index is -0.0185. The molecule has 0 spiro atoms. The summed E-state index contributed by atoms with van der Waals surface area (Å²) in [5, 5.41) is 3.05. The first-order chi connectivity index (χ1) is 10.2. The van der Waals surface area contributed by atoms with Crippen molar-refractivity contribution in [2.24, 2.45) is 5.73 Å². The first kappa shape index (κ1) is 15.9. The lowest BCUT2D eigenvalue weighted by Crippen LogP contribution is -2.46. The number of rotatable bonds is 6. The number of nitrogens with two attached hydrogens (primary N) is 1. The number of nitrogens with one attached hydrogen (secondary N) is 1. The highest BCUT2D eigenvalue weighted by Crippen LogP contribution is 2.06. The fourth-order valence-electron chi connectivity index (χ4n) is 2.51. The molecule has 1 heterocycles. The standard InChI is InChI=1S/C16H25N3O2/c1-13(12-19-8-10-21-11-9-19)18-16(20)15-4-2-14(3-5-15)6-7-17/h2-5,13H,6-12,17H2,1H3,(H,18,20). The molecular formula is C16H25N3O2. The highest BCUT2D eigenvalue weighted by molar-refractivity contribution is 5.94. The molecule has 0 saturated carbocycles. The third-order valence-electron chi connectivity index (χ3n) is 3.66. The van der Waals surface area contributed by atoms with E-state index in [1.54, 1.807) is 0 Å². The number of carbonyl (C=O) groups is 1. The molecule has 0 aromatic heterocycles.